The van der Waals surface area contributed by atoms with Crippen molar-refractivity contribution in [3.63, 3.8) is 0 Å². The fraction of sp³-hybridized carbons (Fsp3) is 0.250. The molecule has 2 rings (SSSR count). The Kier molecular flexibility index (Phi) is 4.72. The van der Waals surface area contributed by atoms with Crippen molar-refractivity contribution < 1.29 is 4.39 Å². The lowest BCUT2D eigenvalue weighted by atomic mass is 9.98. The highest BCUT2D eigenvalue weighted by Gasteiger charge is 2.13. The Labute approximate surface area is 122 Å². The van der Waals surface area contributed by atoms with Crippen LogP contribution in [0, 0.1) is 12.7 Å². The Morgan fingerprint density at radius 2 is 1.84 bits per heavy atom. The smallest absolute Gasteiger partial charge is 0.123 e. The zero-order valence-corrected chi connectivity index (χ0v) is 12.7. The highest BCUT2D eigenvalue weighted by atomic mass is 79.9. The molecule has 0 heterocycles. The quantitative estimate of drug-likeness (QED) is 0.880. The first-order valence-electron chi connectivity index (χ1n) is 6.28. The number of hydrogen-bond acceptors (Lipinski definition) is 1. The zero-order chi connectivity index (χ0) is 13.8. The standard InChI is InChI=1S/C16H17BrFN/c1-11-3-8-14(15(17)9-11)16(19-2)10-12-4-6-13(18)7-5-12/h3-9,16,19H,10H2,1-2H3. The van der Waals surface area contributed by atoms with Crippen LogP contribution in [0.3, 0.4) is 0 Å². The van der Waals surface area contributed by atoms with Crippen LogP contribution in [-0.2, 0) is 6.42 Å². The maximum absolute atomic E-state index is 12.9. The lowest BCUT2D eigenvalue weighted by Gasteiger charge is -2.18. The van der Waals surface area contributed by atoms with Crippen molar-refractivity contribution in [1.82, 2.24) is 5.32 Å². The van der Waals surface area contributed by atoms with Gasteiger partial charge in [-0.05, 0) is 55.3 Å². The molecular weight excluding hydrogens is 305 g/mol. The van der Waals surface area contributed by atoms with Gasteiger partial charge in [-0.3, -0.25) is 0 Å². The van der Waals surface area contributed by atoms with E-state index in [0.717, 1.165) is 16.5 Å². The molecule has 1 nitrogen and oxygen atoms in total. The topological polar surface area (TPSA) is 12.0 Å². The molecule has 0 aliphatic heterocycles. The second-order valence-corrected chi connectivity index (χ2v) is 5.55. The molecule has 0 amide bonds. The molecule has 0 saturated heterocycles. The molecule has 0 aliphatic rings. The number of hydrogen-bond donors (Lipinski definition) is 1. The van der Waals surface area contributed by atoms with Crippen LogP contribution in [0.4, 0.5) is 4.39 Å². The van der Waals surface area contributed by atoms with Crippen molar-refractivity contribution in [3.05, 3.63) is 69.4 Å². The van der Waals surface area contributed by atoms with E-state index in [-0.39, 0.29) is 11.9 Å². The average Bonchev–Trinajstić information content (AvgIpc) is 2.39. The van der Waals surface area contributed by atoms with Gasteiger partial charge in [-0.25, -0.2) is 4.39 Å². The van der Waals surface area contributed by atoms with E-state index in [1.165, 1.54) is 23.3 Å². The molecule has 0 bridgehead atoms. The van der Waals surface area contributed by atoms with E-state index in [4.69, 9.17) is 0 Å². The van der Waals surface area contributed by atoms with Crippen molar-refractivity contribution >= 4 is 15.9 Å². The van der Waals surface area contributed by atoms with Crippen LogP contribution >= 0.6 is 15.9 Å². The van der Waals surface area contributed by atoms with Gasteiger partial charge in [0.15, 0.2) is 0 Å². The van der Waals surface area contributed by atoms with Crippen LogP contribution in [-0.4, -0.2) is 7.05 Å². The predicted octanol–water partition coefficient (Wildman–Crippen LogP) is 4.40. The average molecular weight is 322 g/mol. The summed E-state index contributed by atoms with van der Waals surface area (Å²) in [4.78, 5) is 0. The maximum atomic E-state index is 12.9. The lowest BCUT2D eigenvalue weighted by molar-refractivity contribution is 0.586. The number of rotatable bonds is 4. The largest absolute Gasteiger partial charge is 0.313 e. The summed E-state index contributed by atoms with van der Waals surface area (Å²) in [5.74, 6) is -0.193. The number of nitrogens with one attached hydrogen (secondary N) is 1. The number of halogens is 2. The Morgan fingerprint density at radius 3 is 2.42 bits per heavy atom. The Balaban J connectivity index is 2.22. The molecule has 2 aromatic carbocycles. The summed E-state index contributed by atoms with van der Waals surface area (Å²) in [7, 11) is 1.94. The molecule has 0 radical (unpaired) electrons. The molecule has 0 aromatic heterocycles. The molecule has 1 N–H and O–H groups in total. The first-order chi connectivity index (χ1) is 9.10. The summed E-state index contributed by atoms with van der Waals surface area (Å²) in [6, 6.07) is 13.2. The normalized spacial score (nSPS) is 12.4. The summed E-state index contributed by atoms with van der Waals surface area (Å²) >= 11 is 3.61. The van der Waals surface area contributed by atoms with Gasteiger partial charge in [0.1, 0.15) is 5.82 Å². The van der Waals surface area contributed by atoms with Crippen LogP contribution in [0.5, 0.6) is 0 Å². The van der Waals surface area contributed by atoms with Gasteiger partial charge in [0, 0.05) is 10.5 Å². The van der Waals surface area contributed by atoms with Gasteiger partial charge in [-0.2, -0.15) is 0 Å². The van der Waals surface area contributed by atoms with Crippen molar-refractivity contribution in [2.24, 2.45) is 0 Å². The minimum absolute atomic E-state index is 0.193. The Bertz CT molecular complexity index is 551. The third-order valence-corrected chi connectivity index (χ3v) is 3.92. The van der Waals surface area contributed by atoms with Crippen LogP contribution in [0.2, 0.25) is 0 Å². The van der Waals surface area contributed by atoms with Gasteiger partial charge >= 0.3 is 0 Å². The fourth-order valence-electron chi connectivity index (χ4n) is 2.14. The van der Waals surface area contributed by atoms with Crippen LogP contribution in [0.1, 0.15) is 22.7 Å². The minimum Gasteiger partial charge on any atom is -0.313 e. The van der Waals surface area contributed by atoms with Crippen LogP contribution in [0.25, 0.3) is 0 Å². The molecule has 0 fully saturated rings. The monoisotopic (exact) mass is 321 g/mol. The second kappa shape index (κ2) is 6.31. The van der Waals surface area contributed by atoms with Crippen molar-refractivity contribution in [3.8, 4) is 0 Å². The SMILES string of the molecule is CNC(Cc1ccc(F)cc1)c1ccc(C)cc1Br. The van der Waals surface area contributed by atoms with E-state index in [1.807, 2.05) is 19.2 Å². The van der Waals surface area contributed by atoms with Gasteiger partial charge < -0.3 is 5.32 Å². The van der Waals surface area contributed by atoms with E-state index < -0.39 is 0 Å². The van der Waals surface area contributed by atoms with E-state index in [0.29, 0.717) is 0 Å². The second-order valence-electron chi connectivity index (χ2n) is 4.70. The van der Waals surface area contributed by atoms with E-state index in [9.17, 15) is 4.39 Å². The summed E-state index contributed by atoms with van der Waals surface area (Å²) in [5.41, 5.74) is 3.57. The van der Waals surface area contributed by atoms with E-state index >= 15 is 0 Å². The molecule has 0 saturated carbocycles. The number of benzene rings is 2. The van der Waals surface area contributed by atoms with Crippen molar-refractivity contribution in [2.45, 2.75) is 19.4 Å². The molecule has 1 unspecified atom stereocenters. The van der Waals surface area contributed by atoms with Crippen LogP contribution in [0.15, 0.2) is 46.9 Å². The number of aryl methyl sites for hydroxylation is 1. The lowest BCUT2D eigenvalue weighted by Crippen LogP contribution is -2.19. The molecule has 0 spiro atoms. The fourth-order valence-corrected chi connectivity index (χ4v) is 2.91. The van der Waals surface area contributed by atoms with Crippen LogP contribution < -0.4 is 5.32 Å². The van der Waals surface area contributed by atoms with Crippen molar-refractivity contribution in [2.75, 3.05) is 7.05 Å². The van der Waals surface area contributed by atoms with Crippen molar-refractivity contribution in [1.29, 1.82) is 0 Å². The Hall–Kier alpha value is -1.19. The molecule has 100 valence electrons. The summed E-state index contributed by atoms with van der Waals surface area (Å²) < 4.78 is 14.0. The van der Waals surface area contributed by atoms with Gasteiger partial charge in [0.05, 0.1) is 0 Å². The highest BCUT2D eigenvalue weighted by Crippen LogP contribution is 2.27. The maximum Gasteiger partial charge on any atom is 0.123 e. The molecule has 1 atom stereocenters. The first kappa shape index (κ1) is 14.2. The van der Waals surface area contributed by atoms with Gasteiger partial charge in [-0.15, -0.1) is 0 Å². The summed E-state index contributed by atoms with van der Waals surface area (Å²) in [6.07, 6.45) is 0.832. The summed E-state index contributed by atoms with van der Waals surface area (Å²) in [6.45, 7) is 2.07. The van der Waals surface area contributed by atoms with Gasteiger partial charge in [-0.1, -0.05) is 40.2 Å². The molecule has 0 aliphatic carbocycles. The van der Waals surface area contributed by atoms with Gasteiger partial charge in [0.25, 0.3) is 0 Å². The predicted molar refractivity (Wildman–Crippen MR) is 80.8 cm³/mol. The third kappa shape index (κ3) is 3.64. The zero-order valence-electron chi connectivity index (χ0n) is 11.1. The molecule has 2 aromatic rings. The highest BCUT2D eigenvalue weighted by molar-refractivity contribution is 9.10. The third-order valence-electron chi connectivity index (χ3n) is 3.23. The van der Waals surface area contributed by atoms with E-state index in [2.05, 4.69) is 46.4 Å². The molecule has 19 heavy (non-hydrogen) atoms. The van der Waals surface area contributed by atoms with Gasteiger partial charge in [0.2, 0.25) is 0 Å². The summed E-state index contributed by atoms with van der Waals surface area (Å²) in [5, 5.41) is 3.32. The number of likely N-dealkylation sites (N-methyl/N-ethyl adjacent to an activating group) is 1. The first-order valence-corrected chi connectivity index (χ1v) is 7.07. The van der Waals surface area contributed by atoms with E-state index in [1.54, 1.807) is 0 Å². The molecular formula is C16H17BrFN. The minimum atomic E-state index is -0.193. The molecule has 3 heteroatoms. The Morgan fingerprint density at radius 1 is 1.16 bits per heavy atom.